The van der Waals surface area contributed by atoms with E-state index >= 15 is 0 Å². The maximum absolute atomic E-state index is 13.0. The van der Waals surface area contributed by atoms with Crippen molar-refractivity contribution in [2.24, 2.45) is 0 Å². The Labute approximate surface area is 160 Å². The Morgan fingerprint density at radius 3 is 2.63 bits per heavy atom. The highest BCUT2D eigenvalue weighted by Gasteiger charge is 2.32. The van der Waals surface area contributed by atoms with E-state index in [4.69, 9.17) is 28.3 Å². The lowest BCUT2D eigenvalue weighted by atomic mass is 10.2. The largest absolute Gasteiger partial charge is 0.478 e. The minimum Gasteiger partial charge on any atom is -0.478 e. The highest BCUT2D eigenvalue weighted by Crippen LogP contribution is 2.32. The maximum Gasteiger partial charge on any atom is 0.417 e. The third-order valence-electron chi connectivity index (χ3n) is 3.66. The van der Waals surface area contributed by atoms with Crippen molar-refractivity contribution in [3.05, 3.63) is 63.4 Å². The lowest BCUT2D eigenvalue weighted by Crippen LogP contribution is -2.07. The van der Waals surface area contributed by atoms with E-state index in [2.05, 4.69) is 10.1 Å². The van der Waals surface area contributed by atoms with Gasteiger partial charge in [0.05, 0.1) is 17.6 Å². The van der Waals surface area contributed by atoms with E-state index in [0.29, 0.717) is 21.8 Å². The Morgan fingerprint density at radius 2 is 2.00 bits per heavy atom. The second-order valence-electron chi connectivity index (χ2n) is 5.54. The van der Waals surface area contributed by atoms with E-state index in [1.807, 2.05) is 0 Å². The van der Waals surface area contributed by atoms with Crippen LogP contribution in [-0.2, 0) is 17.5 Å². The molecule has 0 amide bonds. The molecule has 3 aromatic rings. The van der Waals surface area contributed by atoms with Crippen LogP contribution in [0.5, 0.6) is 0 Å². The average molecular weight is 416 g/mol. The van der Waals surface area contributed by atoms with E-state index in [1.54, 1.807) is 12.1 Å². The van der Waals surface area contributed by atoms with Crippen molar-refractivity contribution in [1.29, 1.82) is 0 Å². The van der Waals surface area contributed by atoms with Crippen molar-refractivity contribution in [1.82, 2.24) is 14.8 Å². The minimum absolute atomic E-state index is 0.0520. The van der Waals surface area contributed by atoms with E-state index in [1.165, 1.54) is 16.8 Å². The number of carbonyl (C=O) groups is 1. The highest BCUT2D eigenvalue weighted by molar-refractivity contribution is 6.35. The first-order valence-corrected chi connectivity index (χ1v) is 8.19. The standard InChI is InChI=1S/C17H10Cl2F3N3O2/c18-11-2-1-9(12(19)6-11)8-25-14-5-10(17(20,21)22)7-23-16(14)13(24-25)3-4-15(26)27/h1-7H,8H2,(H,26,27). The van der Waals surface area contributed by atoms with E-state index in [0.717, 1.165) is 12.1 Å². The summed E-state index contributed by atoms with van der Waals surface area (Å²) in [6, 6.07) is 5.65. The molecule has 0 aliphatic heterocycles. The van der Waals surface area contributed by atoms with Crippen LogP contribution in [0.4, 0.5) is 13.2 Å². The molecule has 0 aliphatic rings. The fourth-order valence-electron chi connectivity index (χ4n) is 2.43. The molecule has 5 nitrogen and oxygen atoms in total. The number of halogens is 5. The number of aromatic nitrogens is 3. The number of hydrogen-bond acceptors (Lipinski definition) is 3. The van der Waals surface area contributed by atoms with Gasteiger partial charge < -0.3 is 5.11 Å². The number of pyridine rings is 1. The summed E-state index contributed by atoms with van der Waals surface area (Å²) in [4.78, 5) is 14.6. The van der Waals surface area contributed by atoms with Crippen LogP contribution in [0.25, 0.3) is 17.1 Å². The van der Waals surface area contributed by atoms with Crippen molar-refractivity contribution < 1.29 is 23.1 Å². The molecule has 10 heteroatoms. The SMILES string of the molecule is O=C(O)C=Cc1nn(Cc2ccc(Cl)cc2Cl)c2cc(C(F)(F)F)cnc12. The molecule has 2 aromatic heterocycles. The molecule has 0 aliphatic carbocycles. The predicted octanol–water partition coefficient (Wildman–Crippen LogP) is 4.90. The zero-order valence-corrected chi connectivity index (χ0v) is 14.8. The lowest BCUT2D eigenvalue weighted by Gasteiger charge is -2.08. The number of carboxylic acid groups (broad SMARTS) is 1. The third-order valence-corrected chi connectivity index (χ3v) is 4.25. The van der Waals surface area contributed by atoms with Gasteiger partial charge in [-0.15, -0.1) is 0 Å². The zero-order chi connectivity index (χ0) is 19.8. The first kappa shape index (κ1) is 19.2. The molecule has 140 valence electrons. The maximum atomic E-state index is 13.0. The van der Waals surface area contributed by atoms with Crippen molar-refractivity contribution in [2.75, 3.05) is 0 Å². The summed E-state index contributed by atoms with van der Waals surface area (Å²) in [6.45, 7) is 0.0520. The second kappa shape index (κ2) is 7.21. The van der Waals surface area contributed by atoms with Crippen molar-refractivity contribution in [3.8, 4) is 0 Å². The molecule has 2 heterocycles. The highest BCUT2D eigenvalue weighted by atomic mass is 35.5. The second-order valence-corrected chi connectivity index (χ2v) is 6.38. The minimum atomic E-state index is -4.58. The number of rotatable bonds is 4. The van der Waals surface area contributed by atoms with Crippen LogP contribution >= 0.6 is 23.2 Å². The van der Waals surface area contributed by atoms with Crippen LogP contribution in [0.15, 0.2) is 36.5 Å². The third kappa shape index (κ3) is 4.23. The molecule has 27 heavy (non-hydrogen) atoms. The molecule has 0 unspecified atom stereocenters. The summed E-state index contributed by atoms with van der Waals surface area (Å²) >= 11 is 12.0. The normalized spacial score (nSPS) is 12.2. The summed E-state index contributed by atoms with van der Waals surface area (Å²) in [7, 11) is 0. The zero-order valence-electron chi connectivity index (χ0n) is 13.3. The number of benzene rings is 1. The van der Waals surface area contributed by atoms with Gasteiger partial charge in [0, 0.05) is 22.3 Å². The molecular weight excluding hydrogens is 406 g/mol. The van der Waals surface area contributed by atoms with Gasteiger partial charge in [0.2, 0.25) is 0 Å². The monoisotopic (exact) mass is 415 g/mol. The van der Waals surface area contributed by atoms with Gasteiger partial charge in [-0.1, -0.05) is 29.3 Å². The first-order chi connectivity index (χ1) is 12.6. The molecule has 0 fully saturated rings. The number of nitrogens with zero attached hydrogens (tertiary/aromatic N) is 3. The molecule has 0 radical (unpaired) electrons. The summed E-state index contributed by atoms with van der Waals surface area (Å²) in [6.07, 6.45) is -1.89. The molecule has 0 saturated heterocycles. The van der Waals surface area contributed by atoms with Crippen LogP contribution in [-0.4, -0.2) is 25.8 Å². The van der Waals surface area contributed by atoms with Gasteiger partial charge in [0.1, 0.15) is 11.2 Å². The Hall–Kier alpha value is -2.58. The van der Waals surface area contributed by atoms with E-state index in [-0.39, 0.29) is 23.3 Å². The molecule has 1 aromatic carbocycles. The molecule has 1 N–H and O–H groups in total. The summed E-state index contributed by atoms with van der Waals surface area (Å²) < 4.78 is 40.4. The topological polar surface area (TPSA) is 68.0 Å². The van der Waals surface area contributed by atoms with Gasteiger partial charge in [0.25, 0.3) is 0 Å². The summed E-state index contributed by atoms with van der Waals surface area (Å²) in [5.41, 5.74) is 0.0152. The van der Waals surface area contributed by atoms with E-state index in [9.17, 15) is 18.0 Å². The number of hydrogen-bond donors (Lipinski definition) is 1. The first-order valence-electron chi connectivity index (χ1n) is 7.44. The van der Waals surface area contributed by atoms with Crippen molar-refractivity contribution in [2.45, 2.75) is 12.7 Å². The van der Waals surface area contributed by atoms with Gasteiger partial charge in [-0.2, -0.15) is 18.3 Å². The van der Waals surface area contributed by atoms with Gasteiger partial charge in [0.15, 0.2) is 0 Å². The van der Waals surface area contributed by atoms with E-state index < -0.39 is 17.7 Å². The van der Waals surface area contributed by atoms with Crippen LogP contribution in [0.2, 0.25) is 10.0 Å². The fraction of sp³-hybridized carbons (Fsp3) is 0.118. The van der Waals surface area contributed by atoms with Gasteiger partial charge in [-0.25, -0.2) is 4.79 Å². The molecule has 0 atom stereocenters. The Bertz CT molecular complexity index is 1060. The van der Waals surface area contributed by atoms with Crippen molar-refractivity contribution >= 4 is 46.3 Å². The Morgan fingerprint density at radius 1 is 1.26 bits per heavy atom. The van der Waals surface area contributed by atoms with Crippen LogP contribution in [0.1, 0.15) is 16.8 Å². The molecule has 0 bridgehead atoms. The number of aliphatic carboxylic acids is 1. The molecule has 3 rings (SSSR count). The predicted molar refractivity (Wildman–Crippen MR) is 94.8 cm³/mol. The summed E-state index contributed by atoms with van der Waals surface area (Å²) in [5.74, 6) is -1.22. The number of carboxylic acids is 1. The van der Waals surface area contributed by atoms with Gasteiger partial charge in [-0.05, 0) is 29.8 Å². The quantitative estimate of drug-likeness (QED) is 0.615. The lowest BCUT2D eigenvalue weighted by molar-refractivity contribution is -0.137. The molecule has 0 saturated carbocycles. The van der Waals surface area contributed by atoms with Crippen LogP contribution in [0, 0.1) is 0 Å². The number of alkyl halides is 3. The fourth-order valence-corrected chi connectivity index (χ4v) is 2.90. The van der Waals surface area contributed by atoms with Crippen LogP contribution in [0.3, 0.4) is 0 Å². The molecular formula is C17H10Cl2F3N3O2. The summed E-state index contributed by atoms with van der Waals surface area (Å²) in [5, 5.41) is 13.7. The van der Waals surface area contributed by atoms with Crippen molar-refractivity contribution in [3.63, 3.8) is 0 Å². The molecule has 0 spiro atoms. The number of fused-ring (bicyclic) bond motifs is 1. The smallest absolute Gasteiger partial charge is 0.417 e. The average Bonchev–Trinajstić information content (AvgIpc) is 2.92. The van der Waals surface area contributed by atoms with Crippen LogP contribution < -0.4 is 0 Å². The Kier molecular flexibility index (Phi) is 5.12. The van der Waals surface area contributed by atoms with Gasteiger partial charge in [-0.3, -0.25) is 9.67 Å². The van der Waals surface area contributed by atoms with Gasteiger partial charge >= 0.3 is 12.1 Å². The Balaban J connectivity index is 2.15.